The van der Waals surface area contributed by atoms with Gasteiger partial charge in [0.15, 0.2) is 0 Å². The highest BCUT2D eigenvalue weighted by atomic mass is 32.1. The van der Waals surface area contributed by atoms with Gasteiger partial charge < -0.3 is 9.73 Å². The van der Waals surface area contributed by atoms with Crippen LogP contribution in [0.3, 0.4) is 0 Å². The van der Waals surface area contributed by atoms with Crippen molar-refractivity contribution in [1.29, 1.82) is 0 Å². The molecule has 0 radical (unpaired) electrons. The second-order valence-electron chi connectivity index (χ2n) is 3.44. The summed E-state index contributed by atoms with van der Waals surface area (Å²) in [4.78, 5) is 4.15. The Balaban J connectivity index is 1.83. The van der Waals surface area contributed by atoms with E-state index in [0.717, 1.165) is 25.0 Å². The number of hydrogen-bond donors (Lipinski definition) is 1. The van der Waals surface area contributed by atoms with Gasteiger partial charge in [-0.15, -0.1) is 16.4 Å². The van der Waals surface area contributed by atoms with Crippen molar-refractivity contribution in [3.63, 3.8) is 0 Å². The molecule has 0 bridgehead atoms. The van der Waals surface area contributed by atoms with E-state index in [2.05, 4.69) is 27.4 Å². The fourth-order valence-corrected chi connectivity index (χ4v) is 1.80. The fraction of sp³-hybridized carbons (Fsp3) is 0.500. The summed E-state index contributed by atoms with van der Waals surface area (Å²) in [5, 5.41) is 12.9. The molecule has 0 amide bonds. The molecule has 0 fully saturated rings. The minimum atomic E-state index is 0.471. The first-order chi connectivity index (χ1) is 7.88. The predicted molar refractivity (Wildman–Crippen MR) is 62.4 cm³/mol. The van der Waals surface area contributed by atoms with Crippen molar-refractivity contribution in [3.05, 3.63) is 22.5 Å². The van der Waals surface area contributed by atoms with Crippen LogP contribution in [0.4, 0.5) is 6.01 Å². The van der Waals surface area contributed by atoms with Crippen molar-refractivity contribution in [2.24, 2.45) is 0 Å². The van der Waals surface area contributed by atoms with Gasteiger partial charge in [0.2, 0.25) is 5.89 Å². The third kappa shape index (κ3) is 3.03. The van der Waals surface area contributed by atoms with E-state index in [1.165, 1.54) is 0 Å². The number of nitrogens with zero attached hydrogens (tertiary/aromatic N) is 3. The SMILES string of the molecule is CCCCc1nnc(NCc2cscn2)o1. The van der Waals surface area contributed by atoms with Crippen LogP contribution in [0.25, 0.3) is 0 Å². The van der Waals surface area contributed by atoms with Crippen molar-refractivity contribution in [2.75, 3.05) is 5.32 Å². The second-order valence-corrected chi connectivity index (χ2v) is 4.16. The minimum Gasteiger partial charge on any atom is -0.408 e. The van der Waals surface area contributed by atoms with E-state index in [1.807, 2.05) is 5.38 Å². The molecule has 2 aromatic heterocycles. The number of hydrogen-bond acceptors (Lipinski definition) is 6. The van der Waals surface area contributed by atoms with E-state index in [9.17, 15) is 0 Å². The molecule has 0 aromatic carbocycles. The summed E-state index contributed by atoms with van der Waals surface area (Å²) in [5.74, 6) is 0.697. The highest BCUT2D eigenvalue weighted by molar-refractivity contribution is 7.07. The average molecular weight is 238 g/mol. The number of rotatable bonds is 6. The van der Waals surface area contributed by atoms with Crippen LogP contribution in [-0.2, 0) is 13.0 Å². The minimum absolute atomic E-state index is 0.471. The van der Waals surface area contributed by atoms with Crippen LogP contribution in [0, 0.1) is 0 Å². The number of thiazole rings is 1. The first-order valence-corrected chi connectivity index (χ1v) is 6.26. The molecular formula is C10H14N4OS. The van der Waals surface area contributed by atoms with E-state index in [0.29, 0.717) is 18.5 Å². The smallest absolute Gasteiger partial charge is 0.315 e. The third-order valence-corrected chi connectivity index (χ3v) is 2.75. The zero-order chi connectivity index (χ0) is 11.2. The number of unbranched alkanes of at least 4 members (excludes halogenated alkanes) is 1. The molecule has 0 unspecified atom stereocenters. The molecule has 0 spiro atoms. The molecule has 0 saturated heterocycles. The Hall–Kier alpha value is -1.43. The number of anilines is 1. The van der Waals surface area contributed by atoms with Gasteiger partial charge in [-0.05, 0) is 6.42 Å². The molecular weight excluding hydrogens is 224 g/mol. The molecule has 2 aromatic rings. The van der Waals surface area contributed by atoms with E-state index in [4.69, 9.17) is 4.42 Å². The highest BCUT2D eigenvalue weighted by Gasteiger charge is 2.05. The lowest BCUT2D eigenvalue weighted by molar-refractivity contribution is 0.494. The Morgan fingerprint density at radius 3 is 3.12 bits per heavy atom. The zero-order valence-corrected chi connectivity index (χ0v) is 9.96. The van der Waals surface area contributed by atoms with Gasteiger partial charge >= 0.3 is 6.01 Å². The first-order valence-electron chi connectivity index (χ1n) is 5.32. The molecule has 0 aliphatic carbocycles. The molecule has 2 heterocycles. The molecule has 6 heteroatoms. The van der Waals surface area contributed by atoms with Crippen molar-refractivity contribution in [3.8, 4) is 0 Å². The second kappa shape index (κ2) is 5.60. The summed E-state index contributed by atoms with van der Waals surface area (Å²) >= 11 is 1.57. The standard InChI is InChI=1S/C10H14N4OS/c1-2-3-4-9-13-14-10(15-9)11-5-8-6-16-7-12-8/h6-7H,2-5H2,1H3,(H,11,14). The first kappa shape index (κ1) is 11.1. The largest absolute Gasteiger partial charge is 0.408 e. The van der Waals surface area contributed by atoms with Crippen LogP contribution in [0.15, 0.2) is 15.3 Å². The number of nitrogens with one attached hydrogen (secondary N) is 1. The summed E-state index contributed by atoms with van der Waals surface area (Å²) in [6.45, 7) is 2.76. The summed E-state index contributed by atoms with van der Waals surface area (Å²) in [5.41, 5.74) is 2.79. The Kier molecular flexibility index (Phi) is 3.87. The molecule has 0 aliphatic heterocycles. The molecule has 2 rings (SSSR count). The van der Waals surface area contributed by atoms with Crippen molar-refractivity contribution in [2.45, 2.75) is 32.7 Å². The van der Waals surface area contributed by atoms with Gasteiger partial charge in [0.1, 0.15) is 0 Å². The lowest BCUT2D eigenvalue weighted by Gasteiger charge is -1.96. The van der Waals surface area contributed by atoms with Crippen LogP contribution < -0.4 is 5.32 Å². The van der Waals surface area contributed by atoms with Gasteiger partial charge in [-0.25, -0.2) is 4.98 Å². The van der Waals surface area contributed by atoms with E-state index < -0.39 is 0 Å². The van der Waals surface area contributed by atoms with Gasteiger partial charge in [-0.3, -0.25) is 0 Å². The maximum absolute atomic E-state index is 5.43. The number of aromatic nitrogens is 3. The van der Waals surface area contributed by atoms with Crippen LogP contribution >= 0.6 is 11.3 Å². The Morgan fingerprint density at radius 2 is 2.38 bits per heavy atom. The van der Waals surface area contributed by atoms with Crippen LogP contribution in [0.1, 0.15) is 31.4 Å². The molecule has 0 saturated carbocycles. The van der Waals surface area contributed by atoms with Gasteiger partial charge in [0, 0.05) is 11.8 Å². The average Bonchev–Trinajstić information content (AvgIpc) is 2.95. The van der Waals surface area contributed by atoms with E-state index in [-0.39, 0.29) is 0 Å². The summed E-state index contributed by atoms with van der Waals surface area (Å²) < 4.78 is 5.43. The van der Waals surface area contributed by atoms with Crippen molar-refractivity contribution < 1.29 is 4.42 Å². The molecule has 0 atom stereocenters. The number of aryl methyl sites for hydroxylation is 1. The maximum Gasteiger partial charge on any atom is 0.315 e. The highest BCUT2D eigenvalue weighted by Crippen LogP contribution is 2.10. The summed E-state index contributed by atoms with van der Waals surface area (Å²) in [6.07, 6.45) is 3.06. The fourth-order valence-electron chi connectivity index (χ4n) is 1.25. The van der Waals surface area contributed by atoms with E-state index in [1.54, 1.807) is 16.8 Å². The van der Waals surface area contributed by atoms with Crippen LogP contribution in [0.2, 0.25) is 0 Å². The zero-order valence-electron chi connectivity index (χ0n) is 9.14. The maximum atomic E-state index is 5.43. The lowest BCUT2D eigenvalue weighted by Crippen LogP contribution is -1.99. The predicted octanol–water partition coefficient (Wildman–Crippen LogP) is 2.48. The molecule has 86 valence electrons. The monoisotopic (exact) mass is 238 g/mol. The van der Waals surface area contributed by atoms with E-state index >= 15 is 0 Å². The van der Waals surface area contributed by atoms with Gasteiger partial charge in [0.25, 0.3) is 0 Å². The van der Waals surface area contributed by atoms with Gasteiger partial charge in [0.05, 0.1) is 17.7 Å². The molecule has 1 N–H and O–H groups in total. The van der Waals surface area contributed by atoms with Crippen LogP contribution in [-0.4, -0.2) is 15.2 Å². The van der Waals surface area contributed by atoms with Crippen molar-refractivity contribution >= 4 is 17.4 Å². The Labute approximate surface area is 97.9 Å². The summed E-state index contributed by atoms with van der Waals surface area (Å²) in [6, 6.07) is 0.471. The third-order valence-electron chi connectivity index (χ3n) is 2.12. The van der Waals surface area contributed by atoms with Gasteiger partial charge in [-0.2, -0.15) is 0 Å². The van der Waals surface area contributed by atoms with Gasteiger partial charge in [-0.1, -0.05) is 18.4 Å². The molecule has 0 aliphatic rings. The summed E-state index contributed by atoms with van der Waals surface area (Å²) in [7, 11) is 0. The Bertz CT molecular complexity index is 412. The Morgan fingerprint density at radius 1 is 1.44 bits per heavy atom. The topological polar surface area (TPSA) is 63.8 Å². The normalized spacial score (nSPS) is 10.6. The quantitative estimate of drug-likeness (QED) is 0.837. The lowest BCUT2D eigenvalue weighted by atomic mass is 10.2. The van der Waals surface area contributed by atoms with Crippen molar-refractivity contribution in [1.82, 2.24) is 15.2 Å². The van der Waals surface area contributed by atoms with Crippen LogP contribution in [0.5, 0.6) is 0 Å². The molecule has 16 heavy (non-hydrogen) atoms. The molecule has 5 nitrogen and oxygen atoms in total.